The van der Waals surface area contributed by atoms with Crippen molar-refractivity contribution in [2.45, 2.75) is 6.54 Å². The molecule has 2 aromatic rings. The van der Waals surface area contributed by atoms with E-state index in [1.54, 1.807) is 7.05 Å². The van der Waals surface area contributed by atoms with Crippen molar-refractivity contribution in [1.82, 2.24) is 9.55 Å². The van der Waals surface area contributed by atoms with Gasteiger partial charge in [-0.25, -0.2) is 0 Å². The third-order valence-corrected chi connectivity index (χ3v) is 2.65. The summed E-state index contributed by atoms with van der Waals surface area (Å²) in [5.74, 6) is 0.448. The van der Waals surface area contributed by atoms with Crippen molar-refractivity contribution in [1.29, 1.82) is 0 Å². The molecule has 0 spiro atoms. The summed E-state index contributed by atoms with van der Waals surface area (Å²) in [6.07, 6.45) is 0. The largest absolute Gasteiger partial charge is 0.391 e. The molecule has 1 heterocycles. The number of rotatable bonds is 3. The molecular formula is C12H15N5O. The molecule has 6 heteroatoms. The van der Waals surface area contributed by atoms with Crippen molar-refractivity contribution in [3.63, 3.8) is 0 Å². The maximum Gasteiger partial charge on any atom is 0.280 e. The van der Waals surface area contributed by atoms with Gasteiger partial charge in [-0.05, 0) is 5.56 Å². The summed E-state index contributed by atoms with van der Waals surface area (Å²) in [6, 6.07) is 9.79. The summed E-state index contributed by atoms with van der Waals surface area (Å²) in [4.78, 5) is 15.8. The van der Waals surface area contributed by atoms with Gasteiger partial charge in [0.2, 0.25) is 5.95 Å². The molecule has 0 unspecified atom stereocenters. The highest BCUT2D eigenvalue weighted by atomic mass is 16.1. The van der Waals surface area contributed by atoms with Crippen molar-refractivity contribution in [2.75, 3.05) is 16.8 Å². The average Bonchev–Trinajstić information content (AvgIpc) is 2.40. The molecule has 2 rings (SSSR count). The van der Waals surface area contributed by atoms with E-state index in [0.29, 0.717) is 12.5 Å². The Kier molecular flexibility index (Phi) is 3.18. The minimum atomic E-state index is -0.349. The molecule has 0 saturated heterocycles. The molecule has 6 nitrogen and oxygen atoms in total. The van der Waals surface area contributed by atoms with E-state index in [2.05, 4.69) is 10.3 Å². The zero-order valence-corrected chi connectivity index (χ0v) is 10.1. The maximum atomic E-state index is 11.7. The lowest BCUT2D eigenvalue weighted by atomic mass is 10.2. The summed E-state index contributed by atoms with van der Waals surface area (Å²) in [7, 11) is 1.60. The number of nitrogens with one attached hydrogen (secondary N) is 1. The number of hydrogen-bond donors (Lipinski definition) is 3. The van der Waals surface area contributed by atoms with Crippen LogP contribution >= 0.6 is 0 Å². The van der Waals surface area contributed by atoms with Gasteiger partial charge in [-0.15, -0.1) is 0 Å². The number of anilines is 3. The Hall–Kier alpha value is -2.50. The maximum absolute atomic E-state index is 11.7. The highest BCUT2D eigenvalue weighted by molar-refractivity contribution is 5.58. The second-order valence-corrected chi connectivity index (χ2v) is 3.94. The van der Waals surface area contributed by atoms with Crippen LogP contribution in [0.5, 0.6) is 0 Å². The van der Waals surface area contributed by atoms with Crippen LogP contribution in [0.25, 0.3) is 0 Å². The molecule has 1 aromatic heterocycles. The predicted octanol–water partition coefficient (Wildman–Crippen LogP) is 0.557. The Bertz CT molecular complexity index is 606. The molecule has 94 valence electrons. The first-order valence-electron chi connectivity index (χ1n) is 5.49. The first kappa shape index (κ1) is 12.0. The Balaban J connectivity index is 2.23. The Morgan fingerprint density at radius 1 is 1.28 bits per heavy atom. The average molecular weight is 245 g/mol. The SMILES string of the molecule is Cn1c(NCc2ccccc2)nc(N)c(N)c1=O. The molecule has 0 aliphatic carbocycles. The summed E-state index contributed by atoms with van der Waals surface area (Å²) in [5, 5.41) is 3.05. The van der Waals surface area contributed by atoms with E-state index in [4.69, 9.17) is 11.5 Å². The minimum Gasteiger partial charge on any atom is -0.391 e. The molecule has 0 amide bonds. The van der Waals surface area contributed by atoms with E-state index in [0.717, 1.165) is 5.56 Å². The first-order valence-corrected chi connectivity index (χ1v) is 5.49. The highest BCUT2D eigenvalue weighted by Crippen LogP contribution is 2.10. The van der Waals surface area contributed by atoms with Gasteiger partial charge in [0.1, 0.15) is 5.69 Å². The van der Waals surface area contributed by atoms with Crippen molar-refractivity contribution < 1.29 is 0 Å². The number of nitrogens with zero attached hydrogens (tertiary/aromatic N) is 2. The van der Waals surface area contributed by atoms with Gasteiger partial charge in [-0.1, -0.05) is 30.3 Å². The van der Waals surface area contributed by atoms with Crippen LogP contribution in [-0.2, 0) is 13.6 Å². The monoisotopic (exact) mass is 245 g/mol. The topological polar surface area (TPSA) is 99.0 Å². The van der Waals surface area contributed by atoms with E-state index >= 15 is 0 Å². The Morgan fingerprint density at radius 2 is 1.94 bits per heavy atom. The third kappa shape index (κ3) is 2.27. The molecule has 0 atom stereocenters. The Morgan fingerprint density at radius 3 is 2.61 bits per heavy atom. The number of nitrogens with two attached hydrogens (primary N) is 2. The van der Waals surface area contributed by atoms with Crippen molar-refractivity contribution in [3.8, 4) is 0 Å². The lowest BCUT2D eigenvalue weighted by Crippen LogP contribution is -2.26. The van der Waals surface area contributed by atoms with Crippen LogP contribution in [-0.4, -0.2) is 9.55 Å². The first-order chi connectivity index (χ1) is 8.59. The van der Waals surface area contributed by atoms with Crippen molar-refractivity contribution in [2.24, 2.45) is 7.05 Å². The van der Waals surface area contributed by atoms with E-state index in [9.17, 15) is 4.79 Å². The lowest BCUT2D eigenvalue weighted by molar-refractivity contribution is 0.828. The van der Waals surface area contributed by atoms with Crippen LogP contribution in [0.4, 0.5) is 17.5 Å². The fraction of sp³-hybridized carbons (Fsp3) is 0.167. The predicted molar refractivity (Wildman–Crippen MR) is 72.1 cm³/mol. The summed E-state index contributed by atoms with van der Waals surface area (Å²) < 4.78 is 1.34. The van der Waals surface area contributed by atoms with E-state index in [1.807, 2.05) is 30.3 Å². The fourth-order valence-corrected chi connectivity index (χ4v) is 1.57. The zero-order valence-electron chi connectivity index (χ0n) is 10.1. The van der Waals surface area contributed by atoms with Crippen LogP contribution in [0.1, 0.15) is 5.56 Å². The molecule has 18 heavy (non-hydrogen) atoms. The fourth-order valence-electron chi connectivity index (χ4n) is 1.57. The molecule has 0 aliphatic rings. The quantitative estimate of drug-likeness (QED) is 0.733. The number of aromatic nitrogens is 2. The summed E-state index contributed by atoms with van der Waals surface area (Å²) >= 11 is 0. The zero-order chi connectivity index (χ0) is 13.1. The van der Waals surface area contributed by atoms with Gasteiger partial charge in [-0.2, -0.15) is 4.98 Å². The summed E-state index contributed by atoms with van der Waals surface area (Å²) in [6.45, 7) is 0.560. The van der Waals surface area contributed by atoms with Crippen LogP contribution in [0.3, 0.4) is 0 Å². The van der Waals surface area contributed by atoms with Gasteiger partial charge in [0, 0.05) is 13.6 Å². The van der Waals surface area contributed by atoms with E-state index in [1.165, 1.54) is 4.57 Å². The van der Waals surface area contributed by atoms with Crippen LogP contribution in [0.15, 0.2) is 35.1 Å². The van der Waals surface area contributed by atoms with Gasteiger partial charge in [-0.3, -0.25) is 9.36 Å². The van der Waals surface area contributed by atoms with Gasteiger partial charge in [0.25, 0.3) is 5.56 Å². The molecule has 0 aliphatic heterocycles. The molecule has 0 saturated carbocycles. The molecule has 0 bridgehead atoms. The van der Waals surface area contributed by atoms with Gasteiger partial charge in [0.05, 0.1) is 0 Å². The standard InChI is InChI=1S/C12H15N5O/c1-17-11(18)9(13)10(14)16-12(17)15-7-8-5-3-2-4-6-8/h2-6H,7,13-14H2,1H3,(H,15,16). The van der Waals surface area contributed by atoms with E-state index < -0.39 is 0 Å². The van der Waals surface area contributed by atoms with Crippen LogP contribution < -0.4 is 22.3 Å². The van der Waals surface area contributed by atoms with Crippen LogP contribution in [0, 0.1) is 0 Å². The van der Waals surface area contributed by atoms with Gasteiger partial charge < -0.3 is 16.8 Å². The molecule has 0 fully saturated rings. The normalized spacial score (nSPS) is 10.3. The Labute approximate surface area is 104 Å². The number of nitrogen functional groups attached to an aromatic ring is 2. The second-order valence-electron chi connectivity index (χ2n) is 3.94. The van der Waals surface area contributed by atoms with Gasteiger partial charge >= 0.3 is 0 Å². The minimum absolute atomic E-state index is 0.0252. The number of benzene rings is 1. The van der Waals surface area contributed by atoms with Gasteiger partial charge in [0.15, 0.2) is 5.82 Å². The summed E-state index contributed by atoms with van der Waals surface area (Å²) in [5.41, 5.74) is 11.8. The van der Waals surface area contributed by atoms with E-state index in [-0.39, 0.29) is 17.1 Å². The molecule has 5 N–H and O–H groups in total. The second kappa shape index (κ2) is 4.79. The number of hydrogen-bond acceptors (Lipinski definition) is 5. The highest BCUT2D eigenvalue weighted by Gasteiger charge is 2.08. The lowest BCUT2D eigenvalue weighted by Gasteiger charge is -2.11. The molecular weight excluding hydrogens is 230 g/mol. The van der Waals surface area contributed by atoms with Crippen molar-refractivity contribution in [3.05, 3.63) is 46.2 Å². The third-order valence-electron chi connectivity index (χ3n) is 2.65. The smallest absolute Gasteiger partial charge is 0.280 e. The molecule has 0 radical (unpaired) electrons. The molecule has 1 aromatic carbocycles. The van der Waals surface area contributed by atoms with Crippen LogP contribution in [0.2, 0.25) is 0 Å². The van der Waals surface area contributed by atoms with Crippen molar-refractivity contribution >= 4 is 17.5 Å².